The number of hydrogen-bond acceptors (Lipinski definition) is 4. The topological polar surface area (TPSA) is 64.1 Å². The van der Waals surface area contributed by atoms with E-state index in [1.54, 1.807) is 18.2 Å². The highest BCUT2D eigenvalue weighted by molar-refractivity contribution is 6.00. The smallest absolute Gasteiger partial charge is 0.252 e. The van der Waals surface area contributed by atoms with Crippen LogP contribution in [0.3, 0.4) is 0 Å². The third-order valence-electron chi connectivity index (χ3n) is 3.29. The standard InChI is InChI=1S/C16H19N3O2/c1-4-11(2)17-16(20)13-8-6-5-7-12(13)14-9-10-15(21-3)19-18-14/h5-11H,4H2,1-3H3,(H,17,20). The number of aromatic nitrogens is 2. The number of rotatable bonds is 5. The molecule has 1 unspecified atom stereocenters. The summed E-state index contributed by atoms with van der Waals surface area (Å²) in [6, 6.07) is 11.0. The van der Waals surface area contributed by atoms with Gasteiger partial charge < -0.3 is 10.1 Å². The van der Waals surface area contributed by atoms with Crippen LogP contribution in [0.1, 0.15) is 30.6 Å². The molecule has 5 heteroatoms. The molecule has 1 atom stereocenters. The predicted molar refractivity (Wildman–Crippen MR) is 81.2 cm³/mol. The molecular weight excluding hydrogens is 266 g/mol. The van der Waals surface area contributed by atoms with Gasteiger partial charge in [-0.15, -0.1) is 10.2 Å². The maximum atomic E-state index is 12.3. The SMILES string of the molecule is CCC(C)NC(=O)c1ccccc1-c1ccc(OC)nn1. The summed E-state index contributed by atoms with van der Waals surface area (Å²) in [5.74, 6) is 0.345. The van der Waals surface area contributed by atoms with E-state index in [1.165, 1.54) is 7.11 Å². The average molecular weight is 285 g/mol. The molecule has 2 aromatic rings. The lowest BCUT2D eigenvalue weighted by Crippen LogP contribution is -2.32. The summed E-state index contributed by atoms with van der Waals surface area (Å²) in [7, 11) is 1.54. The van der Waals surface area contributed by atoms with E-state index in [2.05, 4.69) is 15.5 Å². The van der Waals surface area contributed by atoms with Crippen LogP contribution in [0.15, 0.2) is 36.4 Å². The predicted octanol–water partition coefficient (Wildman–Crippen LogP) is 2.68. The molecular formula is C16H19N3O2. The van der Waals surface area contributed by atoms with E-state index in [-0.39, 0.29) is 11.9 Å². The summed E-state index contributed by atoms with van der Waals surface area (Å²) in [5, 5.41) is 11.0. The van der Waals surface area contributed by atoms with Gasteiger partial charge in [0.15, 0.2) is 0 Å². The molecule has 0 fully saturated rings. The quantitative estimate of drug-likeness (QED) is 0.917. The number of ether oxygens (including phenoxy) is 1. The average Bonchev–Trinajstić information content (AvgIpc) is 2.54. The molecule has 1 aromatic heterocycles. The van der Waals surface area contributed by atoms with Gasteiger partial charge >= 0.3 is 0 Å². The third kappa shape index (κ3) is 3.56. The van der Waals surface area contributed by atoms with Gasteiger partial charge in [-0.2, -0.15) is 0 Å². The molecule has 1 aromatic carbocycles. The third-order valence-corrected chi connectivity index (χ3v) is 3.29. The number of nitrogens with one attached hydrogen (secondary N) is 1. The second-order valence-electron chi connectivity index (χ2n) is 4.79. The Hall–Kier alpha value is -2.43. The van der Waals surface area contributed by atoms with Crippen LogP contribution in [0, 0.1) is 0 Å². The highest BCUT2D eigenvalue weighted by Gasteiger charge is 2.15. The van der Waals surface area contributed by atoms with Gasteiger partial charge in [-0.25, -0.2) is 0 Å². The zero-order chi connectivity index (χ0) is 15.2. The van der Waals surface area contributed by atoms with Crippen molar-refractivity contribution in [3.8, 4) is 17.1 Å². The van der Waals surface area contributed by atoms with Crippen LogP contribution in [0.25, 0.3) is 11.3 Å². The van der Waals surface area contributed by atoms with Crippen molar-refractivity contribution in [2.45, 2.75) is 26.3 Å². The number of benzene rings is 1. The fraction of sp³-hybridized carbons (Fsp3) is 0.312. The molecule has 1 N–H and O–H groups in total. The first-order chi connectivity index (χ1) is 10.2. The van der Waals surface area contributed by atoms with Crippen LogP contribution in [0.4, 0.5) is 0 Å². The largest absolute Gasteiger partial charge is 0.480 e. The van der Waals surface area contributed by atoms with Crippen molar-refractivity contribution in [1.82, 2.24) is 15.5 Å². The molecule has 0 saturated heterocycles. The number of carbonyl (C=O) groups is 1. The van der Waals surface area contributed by atoms with E-state index in [0.29, 0.717) is 17.1 Å². The van der Waals surface area contributed by atoms with Crippen molar-refractivity contribution in [1.29, 1.82) is 0 Å². The van der Waals surface area contributed by atoms with E-state index in [0.717, 1.165) is 12.0 Å². The summed E-state index contributed by atoms with van der Waals surface area (Å²) in [4.78, 5) is 12.3. The van der Waals surface area contributed by atoms with E-state index >= 15 is 0 Å². The molecule has 1 heterocycles. The van der Waals surface area contributed by atoms with Crippen molar-refractivity contribution in [2.24, 2.45) is 0 Å². The Balaban J connectivity index is 2.33. The number of amides is 1. The highest BCUT2D eigenvalue weighted by Crippen LogP contribution is 2.22. The van der Waals surface area contributed by atoms with Gasteiger partial charge in [0.1, 0.15) is 0 Å². The van der Waals surface area contributed by atoms with Crippen LogP contribution >= 0.6 is 0 Å². The van der Waals surface area contributed by atoms with E-state index in [9.17, 15) is 4.79 Å². The first-order valence-corrected chi connectivity index (χ1v) is 6.93. The minimum atomic E-state index is -0.0995. The van der Waals surface area contributed by atoms with Crippen LogP contribution in [-0.4, -0.2) is 29.3 Å². The van der Waals surface area contributed by atoms with Crippen molar-refractivity contribution < 1.29 is 9.53 Å². The minimum absolute atomic E-state index is 0.0995. The molecule has 1 amide bonds. The zero-order valence-corrected chi connectivity index (χ0v) is 12.5. The summed E-state index contributed by atoms with van der Waals surface area (Å²) in [5.41, 5.74) is 2.00. The first-order valence-electron chi connectivity index (χ1n) is 6.93. The monoisotopic (exact) mass is 285 g/mol. The summed E-state index contributed by atoms with van der Waals surface area (Å²) in [6.07, 6.45) is 0.885. The van der Waals surface area contributed by atoms with Gasteiger partial charge in [0.05, 0.1) is 12.8 Å². The zero-order valence-electron chi connectivity index (χ0n) is 12.5. The molecule has 0 spiro atoms. The summed E-state index contributed by atoms with van der Waals surface area (Å²) < 4.78 is 5.00. The Morgan fingerprint density at radius 3 is 2.62 bits per heavy atom. The molecule has 0 aliphatic heterocycles. The van der Waals surface area contributed by atoms with Crippen LogP contribution in [0.5, 0.6) is 5.88 Å². The Kier molecular flexibility index (Phi) is 4.87. The van der Waals surface area contributed by atoms with Gasteiger partial charge in [0.25, 0.3) is 5.91 Å². The van der Waals surface area contributed by atoms with Crippen molar-refractivity contribution in [3.63, 3.8) is 0 Å². The lowest BCUT2D eigenvalue weighted by Gasteiger charge is -2.13. The molecule has 0 aliphatic rings. The second kappa shape index (κ2) is 6.83. The Morgan fingerprint density at radius 2 is 2.00 bits per heavy atom. The maximum Gasteiger partial charge on any atom is 0.252 e. The van der Waals surface area contributed by atoms with E-state index in [4.69, 9.17) is 4.74 Å². The number of nitrogens with zero attached hydrogens (tertiary/aromatic N) is 2. The molecule has 0 saturated carbocycles. The van der Waals surface area contributed by atoms with E-state index in [1.807, 2.05) is 32.0 Å². The lowest BCUT2D eigenvalue weighted by atomic mass is 10.0. The van der Waals surface area contributed by atoms with Gasteiger partial charge in [0, 0.05) is 23.2 Å². The fourth-order valence-corrected chi connectivity index (χ4v) is 1.88. The molecule has 0 bridgehead atoms. The van der Waals surface area contributed by atoms with Gasteiger partial charge in [0.2, 0.25) is 5.88 Å². The van der Waals surface area contributed by atoms with Gasteiger partial charge in [-0.05, 0) is 25.5 Å². The molecule has 0 aliphatic carbocycles. The molecule has 5 nitrogen and oxygen atoms in total. The molecule has 21 heavy (non-hydrogen) atoms. The normalized spacial score (nSPS) is 11.8. The molecule has 110 valence electrons. The van der Waals surface area contributed by atoms with Crippen molar-refractivity contribution in [3.05, 3.63) is 42.0 Å². The lowest BCUT2D eigenvalue weighted by molar-refractivity contribution is 0.0940. The minimum Gasteiger partial charge on any atom is -0.480 e. The van der Waals surface area contributed by atoms with Crippen molar-refractivity contribution in [2.75, 3.05) is 7.11 Å². The summed E-state index contributed by atoms with van der Waals surface area (Å²) in [6.45, 7) is 4.01. The Morgan fingerprint density at radius 1 is 1.24 bits per heavy atom. The Bertz CT molecular complexity index is 611. The Labute approximate surface area is 124 Å². The fourth-order valence-electron chi connectivity index (χ4n) is 1.88. The number of methoxy groups -OCH3 is 1. The highest BCUT2D eigenvalue weighted by atomic mass is 16.5. The number of carbonyl (C=O) groups excluding carboxylic acids is 1. The second-order valence-corrected chi connectivity index (χ2v) is 4.79. The maximum absolute atomic E-state index is 12.3. The van der Waals surface area contributed by atoms with Gasteiger partial charge in [-0.1, -0.05) is 25.1 Å². The van der Waals surface area contributed by atoms with Crippen LogP contribution < -0.4 is 10.1 Å². The molecule has 0 radical (unpaired) electrons. The first kappa shape index (κ1) is 15.0. The molecule has 2 rings (SSSR count). The number of hydrogen-bond donors (Lipinski definition) is 1. The van der Waals surface area contributed by atoms with Crippen LogP contribution in [0.2, 0.25) is 0 Å². The summed E-state index contributed by atoms with van der Waals surface area (Å²) >= 11 is 0. The van der Waals surface area contributed by atoms with Crippen LogP contribution in [-0.2, 0) is 0 Å². The van der Waals surface area contributed by atoms with Gasteiger partial charge in [-0.3, -0.25) is 4.79 Å². The van der Waals surface area contributed by atoms with Crippen molar-refractivity contribution >= 4 is 5.91 Å². The van der Waals surface area contributed by atoms with E-state index < -0.39 is 0 Å².